The van der Waals surface area contributed by atoms with Gasteiger partial charge in [-0.1, -0.05) is 12.1 Å². The van der Waals surface area contributed by atoms with E-state index in [-0.39, 0.29) is 12.1 Å². The Labute approximate surface area is 155 Å². The van der Waals surface area contributed by atoms with Crippen LogP contribution < -0.4 is 10.6 Å². The van der Waals surface area contributed by atoms with E-state index in [0.29, 0.717) is 0 Å². The molecule has 2 aliphatic heterocycles. The lowest BCUT2D eigenvalue weighted by Crippen LogP contribution is -2.44. The van der Waals surface area contributed by atoms with Gasteiger partial charge in [0.1, 0.15) is 0 Å². The normalized spacial score (nSPS) is 20.4. The smallest absolute Gasteiger partial charge is 0.319 e. The molecule has 0 aliphatic carbocycles. The second-order valence-corrected chi connectivity index (χ2v) is 8.30. The van der Waals surface area contributed by atoms with E-state index in [0.717, 1.165) is 44.6 Å². The minimum Gasteiger partial charge on any atom is -0.335 e. The summed E-state index contributed by atoms with van der Waals surface area (Å²) in [6.07, 6.45) is 3.13. The summed E-state index contributed by atoms with van der Waals surface area (Å²) in [4.78, 5) is 17.0. The molecule has 3 rings (SSSR count). The molecule has 0 saturated carbocycles. The molecule has 0 aromatic heterocycles. The van der Waals surface area contributed by atoms with Gasteiger partial charge in [0.15, 0.2) is 0 Å². The van der Waals surface area contributed by atoms with Gasteiger partial charge in [0.2, 0.25) is 0 Å². The van der Waals surface area contributed by atoms with Crippen molar-refractivity contribution in [1.29, 1.82) is 0 Å². The third-order valence-corrected chi connectivity index (χ3v) is 6.03. The van der Waals surface area contributed by atoms with Crippen molar-refractivity contribution < 1.29 is 4.79 Å². The van der Waals surface area contributed by atoms with Crippen LogP contribution in [0.4, 0.5) is 10.5 Å². The summed E-state index contributed by atoms with van der Waals surface area (Å²) in [7, 11) is 2.13. The molecule has 0 bridgehead atoms. The number of piperidine rings is 1. The number of likely N-dealkylation sites (tertiary alicyclic amines) is 1. The molecule has 138 valence electrons. The molecule has 1 aromatic carbocycles. The Morgan fingerprint density at radius 1 is 1.12 bits per heavy atom. The highest BCUT2D eigenvalue weighted by molar-refractivity contribution is 7.99. The first-order valence-electron chi connectivity index (χ1n) is 9.34. The van der Waals surface area contributed by atoms with Gasteiger partial charge in [-0.05, 0) is 57.1 Å². The lowest BCUT2D eigenvalue weighted by atomic mass is 10.1. The van der Waals surface area contributed by atoms with Gasteiger partial charge in [0.05, 0.1) is 0 Å². The van der Waals surface area contributed by atoms with Crippen LogP contribution in [0.2, 0.25) is 0 Å². The van der Waals surface area contributed by atoms with E-state index in [2.05, 4.69) is 51.4 Å². The van der Waals surface area contributed by atoms with E-state index in [4.69, 9.17) is 0 Å². The average molecular weight is 363 g/mol. The first-order chi connectivity index (χ1) is 12.2. The van der Waals surface area contributed by atoms with Crippen LogP contribution in [0, 0.1) is 0 Å². The topological polar surface area (TPSA) is 47.6 Å². The van der Waals surface area contributed by atoms with Gasteiger partial charge in [-0.2, -0.15) is 11.8 Å². The summed E-state index contributed by atoms with van der Waals surface area (Å²) >= 11 is 2.05. The van der Waals surface area contributed by atoms with Gasteiger partial charge in [0.25, 0.3) is 0 Å². The van der Waals surface area contributed by atoms with Crippen molar-refractivity contribution >= 4 is 23.5 Å². The quantitative estimate of drug-likeness (QED) is 0.845. The van der Waals surface area contributed by atoms with Crippen molar-refractivity contribution in [3.05, 3.63) is 29.8 Å². The standard InChI is InChI=1S/C19H30N4OS/c1-22-9-7-18(8-10-22)21-19(24)20-17-4-2-16(3-5-17)6-11-23-12-14-25-15-13-23/h2-5,18H,6-15H2,1H3,(H2,20,21,24). The summed E-state index contributed by atoms with van der Waals surface area (Å²) in [5, 5.41) is 6.04. The molecule has 0 radical (unpaired) electrons. The maximum absolute atomic E-state index is 12.1. The first kappa shape index (κ1) is 18.5. The molecule has 0 unspecified atom stereocenters. The predicted octanol–water partition coefficient (Wildman–Crippen LogP) is 2.49. The van der Waals surface area contributed by atoms with Gasteiger partial charge in [0, 0.05) is 42.9 Å². The Kier molecular flexibility index (Phi) is 7.02. The largest absolute Gasteiger partial charge is 0.335 e. The molecule has 2 heterocycles. The van der Waals surface area contributed by atoms with E-state index < -0.39 is 0 Å². The molecule has 5 nitrogen and oxygen atoms in total. The molecule has 1 aromatic rings. The van der Waals surface area contributed by atoms with E-state index in [1.54, 1.807) is 0 Å². The van der Waals surface area contributed by atoms with Gasteiger partial charge >= 0.3 is 6.03 Å². The molecule has 2 N–H and O–H groups in total. The van der Waals surface area contributed by atoms with Crippen LogP contribution in [0.5, 0.6) is 0 Å². The second kappa shape index (κ2) is 9.46. The zero-order valence-corrected chi connectivity index (χ0v) is 16.0. The van der Waals surface area contributed by atoms with Crippen LogP contribution in [0.1, 0.15) is 18.4 Å². The molecular formula is C19H30N4OS. The van der Waals surface area contributed by atoms with Crippen molar-refractivity contribution in [2.45, 2.75) is 25.3 Å². The number of carbonyl (C=O) groups excluding carboxylic acids is 1. The van der Waals surface area contributed by atoms with Crippen molar-refractivity contribution in [1.82, 2.24) is 15.1 Å². The Bertz CT molecular complexity index is 537. The minimum absolute atomic E-state index is 0.0897. The summed E-state index contributed by atoms with van der Waals surface area (Å²) in [5.74, 6) is 2.52. The van der Waals surface area contributed by atoms with Crippen molar-refractivity contribution in [3.63, 3.8) is 0 Å². The number of urea groups is 1. The van der Waals surface area contributed by atoms with Crippen LogP contribution in [0.3, 0.4) is 0 Å². The summed E-state index contributed by atoms with van der Waals surface area (Å²) in [6, 6.07) is 8.48. The van der Waals surface area contributed by atoms with E-state index >= 15 is 0 Å². The van der Waals surface area contributed by atoms with Gasteiger partial charge in [-0.3, -0.25) is 0 Å². The number of anilines is 1. The first-order valence-corrected chi connectivity index (χ1v) is 10.5. The molecular weight excluding hydrogens is 332 g/mol. The number of nitrogens with zero attached hydrogens (tertiary/aromatic N) is 2. The van der Waals surface area contributed by atoms with Crippen LogP contribution in [-0.4, -0.2) is 73.1 Å². The highest BCUT2D eigenvalue weighted by Gasteiger charge is 2.18. The number of nitrogens with one attached hydrogen (secondary N) is 2. The van der Waals surface area contributed by atoms with Crippen molar-refractivity contribution in [3.8, 4) is 0 Å². The fraction of sp³-hybridized carbons (Fsp3) is 0.632. The zero-order valence-electron chi connectivity index (χ0n) is 15.2. The average Bonchev–Trinajstić information content (AvgIpc) is 2.64. The van der Waals surface area contributed by atoms with E-state index in [9.17, 15) is 4.79 Å². The highest BCUT2D eigenvalue weighted by Crippen LogP contribution is 2.13. The molecule has 25 heavy (non-hydrogen) atoms. The van der Waals surface area contributed by atoms with Crippen LogP contribution in [-0.2, 0) is 6.42 Å². The van der Waals surface area contributed by atoms with Gasteiger partial charge < -0.3 is 20.4 Å². The number of carbonyl (C=O) groups is 1. The third-order valence-electron chi connectivity index (χ3n) is 5.09. The van der Waals surface area contributed by atoms with Gasteiger partial charge in [-0.25, -0.2) is 4.79 Å². The molecule has 2 aliphatic rings. The zero-order chi connectivity index (χ0) is 17.5. The Morgan fingerprint density at radius 3 is 2.48 bits per heavy atom. The summed E-state index contributed by atoms with van der Waals surface area (Å²) in [6.45, 7) is 5.65. The van der Waals surface area contributed by atoms with Crippen molar-refractivity contribution in [2.75, 3.05) is 56.6 Å². The Hall–Kier alpha value is -1.24. The lowest BCUT2D eigenvalue weighted by Gasteiger charge is -2.29. The Balaban J connectivity index is 1.40. The molecule has 2 saturated heterocycles. The fourth-order valence-electron chi connectivity index (χ4n) is 3.37. The third kappa shape index (κ3) is 6.20. The van der Waals surface area contributed by atoms with Gasteiger partial charge in [-0.15, -0.1) is 0 Å². The fourth-order valence-corrected chi connectivity index (χ4v) is 4.35. The molecule has 2 amide bonds. The summed E-state index contributed by atoms with van der Waals surface area (Å²) in [5.41, 5.74) is 2.20. The van der Waals surface area contributed by atoms with E-state index in [1.807, 2.05) is 12.1 Å². The molecule has 6 heteroatoms. The number of benzene rings is 1. The van der Waals surface area contributed by atoms with Crippen LogP contribution in [0.15, 0.2) is 24.3 Å². The maximum atomic E-state index is 12.1. The van der Waals surface area contributed by atoms with Crippen molar-refractivity contribution in [2.24, 2.45) is 0 Å². The minimum atomic E-state index is -0.0897. The number of hydrogen-bond acceptors (Lipinski definition) is 4. The van der Waals surface area contributed by atoms with E-state index in [1.165, 1.54) is 30.2 Å². The Morgan fingerprint density at radius 2 is 1.80 bits per heavy atom. The molecule has 2 fully saturated rings. The second-order valence-electron chi connectivity index (χ2n) is 7.08. The number of amides is 2. The molecule has 0 atom stereocenters. The predicted molar refractivity (Wildman–Crippen MR) is 107 cm³/mol. The molecule has 0 spiro atoms. The number of thioether (sulfide) groups is 1. The maximum Gasteiger partial charge on any atom is 0.319 e. The number of hydrogen-bond donors (Lipinski definition) is 2. The highest BCUT2D eigenvalue weighted by atomic mass is 32.2. The monoisotopic (exact) mass is 362 g/mol. The lowest BCUT2D eigenvalue weighted by molar-refractivity contribution is 0.221. The number of rotatable bonds is 5. The summed E-state index contributed by atoms with van der Waals surface area (Å²) < 4.78 is 0. The van der Waals surface area contributed by atoms with Crippen LogP contribution >= 0.6 is 11.8 Å². The van der Waals surface area contributed by atoms with Crippen LogP contribution in [0.25, 0.3) is 0 Å². The SMILES string of the molecule is CN1CCC(NC(=O)Nc2ccc(CCN3CCSCC3)cc2)CC1.